The van der Waals surface area contributed by atoms with Crippen molar-refractivity contribution in [2.24, 2.45) is 0 Å². The van der Waals surface area contributed by atoms with Crippen LogP contribution >= 0.6 is 0 Å². The second-order valence-corrected chi connectivity index (χ2v) is 4.27. The van der Waals surface area contributed by atoms with E-state index in [0.29, 0.717) is 5.56 Å². The van der Waals surface area contributed by atoms with Crippen LogP contribution in [0, 0.1) is 13.8 Å². The average molecular weight is 251 g/mol. The molecule has 0 aliphatic rings. The minimum absolute atomic E-state index is 0.00806. The number of benzene rings is 1. The van der Waals surface area contributed by atoms with Crippen molar-refractivity contribution < 1.29 is 19.8 Å². The maximum Gasteiger partial charge on any atom is 0.332 e. The van der Waals surface area contributed by atoms with E-state index in [9.17, 15) is 9.59 Å². The van der Waals surface area contributed by atoms with Crippen molar-refractivity contribution in [3.05, 3.63) is 34.9 Å². The molecule has 1 aromatic rings. The van der Waals surface area contributed by atoms with Crippen molar-refractivity contribution in [2.45, 2.75) is 26.4 Å². The Kier molecular flexibility index (Phi) is 4.85. The summed E-state index contributed by atoms with van der Waals surface area (Å²) in [4.78, 5) is 22.1. The quantitative estimate of drug-likeness (QED) is 0.724. The number of amides is 1. The smallest absolute Gasteiger partial charge is 0.332 e. The van der Waals surface area contributed by atoms with E-state index < -0.39 is 12.1 Å². The molecule has 0 heterocycles. The molecule has 5 nitrogen and oxygen atoms in total. The van der Waals surface area contributed by atoms with Gasteiger partial charge in [0.25, 0.3) is 5.91 Å². The fourth-order valence-corrected chi connectivity index (χ4v) is 1.65. The topological polar surface area (TPSA) is 86.6 Å². The highest BCUT2D eigenvalue weighted by Crippen LogP contribution is 2.08. The number of aliphatic hydroxyl groups excluding tert-OH is 1. The number of hydrogen-bond acceptors (Lipinski definition) is 3. The van der Waals surface area contributed by atoms with Gasteiger partial charge in [-0.25, -0.2) is 4.79 Å². The summed E-state index contributed by atoms with van der Waals surface area (Å²) in [5.74, 6) is -1.55. The summed E-state index contributed by atoms with van der Waals surface area (Å²) in [6, 6.07) is 5.48. The van der Waals surface area contributed by atoms with Crippen LogP contribution in [0.25, 0.3) is 0 Å². The molecular formula is C13H17NO4. The third-order valence-corrected chi connectivity index (χ3v) is 2.47. The Bertz CT molecular complexity index is 436. The van der Waals surface area contributed by atoms with E-state index >= 15 is 0 Å². The van der Waals surface area contributed by atoms with Crippen LogP contribution in [-0.4, -0.2) is 34.7 Å². The van der Waals surface area contributed by atoms with E-state index in [0.717, 1.165) is 11.1 Å². The summed E-state index contributed by atoms with van der Waals surface area (Å²) >= 11 is 0. The molecule has 1 amide bonds. The summed E-state index contributed by atoms with van der Waals surface area (Å²) in [5, 5.41) is 20.1. The number of aryl methyl sites for hydroxylation is 2. The zero-order valence-corrected chi connectivity index (χ0v) is 10.4. The standard InChI is InChI=1S/C13H17NO4/c1-8-5-9(2)7-10(6-8)12(16)14-4-3-11(15)13(17)18/h5-7,11,15H,3-4H2,1-2H3,(H,14,16)(H,17,18)/t11-/m0/s1. The molecule has 18 heavy (non-hydrogen) atoms. The lowest BCUT2D eigenvalue weighted by Gasteiger charge is -2.08. The Morgan fingerprint density at radius 1 is 1.22 bits per heavy atom. The molecule has 0 fully saturated rings. The van der Waals surface area contributed by atoms with E-state index in [4.69, 9.17) is 10.2 Å². The van der Waals surface area contributed by atoms with Crippen LogP contribution < -0.4 is 5.32 Å². The van der Waals surface area contributed by atoms with Crippen LogP contribution in [0.3, 0.4) is 0 Å². The minimum Gasteiger partial charge on any atom is -0.479 e. The highest BCUT2D eigenvalue weighted by atomic mass is 16.4. The van der Waals surface area contributed by atoms with Crippen LogP contribution in [0.1, 0.15) is 27.9 Å². The van der Waals surface area contributed by atoms with Crippen LogP contribution in [0.2, 0.25) is 0 Å². The summed E-state index contributed by atoms with van der Waals surface area (Å²) in [5.41, 5.74) is 2.52. The Morgan fingerprint density at radius 3 is 2.28 bits per heavy atom. The number of hydrogen-bond donors (Lipinski definition) is 3. The summed E-state index contributed by atoms with van der Waals surface area (Å²) in [6.45, 7) is 3.93. The molecule has 98 valence electrons. The first kappa shape index (κ1) is 14.2. The van der Waals surface area contributed by atoms with Gasteiger partial charge in [0, 0.05) is 18.5 Å². The van der Waals surface area contributed by atoms with Gasteiger partial charge in [0.05, 0.1) is 0 Å². The van der Waals surface area contributed by atoms with Crippen molar-refractivity contribution in [1.29, 1.82) is 0 Å². The normalized spacial score (nSPS) is 11.9. The van der Waals surface area contributed by atoms with E-state index in [2.05, 4.69) is 5.32 Å². The fraction of sp³-hybridized carbons (Fsp3) is 0.385. The minimum atomic E-state index is -1.44. The Hall–Kier alpha value is -1.88. The molecule has 0 bridgehead atoms. The third-order valence-electron chi connectivity index (χ3n) is 2.47. The number of carbonyl (C=O) groups is 2. The molecule has 3 N–H and O–H groups in total. The first-order valence-electron chi connectivity index (χ1n) is 5.67. The van der Waals surface area contributed by atoms with Crippen molar-refractivity contribution in [3.63, 3.8) is 0 Å². The number of aliphatic carboxylic acids is 1. The summed E-state index contributed by atoms with van der Waals surface area (Å²) < 4.78 is 0. The molecule has 5 heteroatoms. The van der Waals surface area contributed by atoms with Gasteiger partial charge in [0.15, 0.2) is 6.10 Å². The maximum absolute atomic E-state index is 11.8. The first-order chi connectivity index (χ1) is 8.40. The van der Waals surface area contributed by atoms with Crippen LogP contribution in [0.4, 0.5) is 0 Å². The van der Waals surface area contributed by atoms with Crippen molar-refractivity contribution in [2.75, 3.05) is 6.54 Å². The van der Waals surface area contributed by atoms with Crippen molar-refractivity contribution in [1.82, 2.24) is 5.32 Å². The Balaban J connectivity index is 2.53. The highest BCUT2D eigenvalue weighted by molar-refractivity contribution is 5.94. The molecule has 0 unspecified atom stereocenters. The molecule has 0 aromatic heterocycles. The molecule has 0 aliphatic heterocycles. The molecule has 1 atom stereocenters. The summed E-state index contributed by atoms with van der Waals surface area (Å²) in [7, 11) is 0. The van der Waals surface area contributed by atoms with Gasteiger partial charge in [-0.05, 0) is 26.0 Å². The number of carboxylic acid groups (broad SMARTS) is 1. The lowest BCUT2D eigenvalue weighted by Crippen LogP contribution is -2.30. The third kappa shape index (κ3) is 4.18. The second kappa shape index (κ2) is 6.16. The maximum atomic E-state index is 11.8. The lowest BCUT2D eigenvalue weighted by molar-refractivity contribution is -0.146. The van der Waals surface area contributed by atoms with Gasteiger partial charge in [0.1, 0.15) is 0 Å². The number of nitrogens with one attached hydrogen (secondary N) is 1. The molecule has 0 spiro atoms. The highest BCUT2D eigenvalue weighted by Gasteiger charge is 2.13. The molecule has 1 aromatic carbocycles. The van der Waals surface area contributed by atoms with Crippen LogP contribution in [-0.2, 0) is 4.79 Å². The number of carbonyl (C=O) groups excluding carboxylic acids is 1. The largest absolute Gasteiger partial charge is 0.479 e. The predicted octanol–water partition coefficient (Wildman–Crippen LogP) is 0.869. The second-order valence-electron chi connectivity index (χ2n) is 4.27. The van der Waals surface area contributed by atoms with E-state index in [1.165, 1.54) is 0 Å². The van der Waals surface area contributed by atoms with Gasteiger partial charge in [-0.2, -0.15) is 0 Å². The molecule has 0 saturated heterocycles. The predicted molar refractivity (Wildman–Crippen MR) is 66.5 cm³/mol. The van der Waals surface area contributed by atoms with Gasteiger partial charge in [-0.15, -0.1) is 0 Å². The van der Waals surface area contributed by atoms with Crippen LogP contribution in [0.5, 0.6) is 0 Å². The van der Waals surface area contributed by atoms with Crippen LogP contribution in [0.15, 0.2) is 18.2 Å². The molecule has 0 saturated carbocycles. The van der Waals surface area contributed by atoms with Gasteiger partial charge >= 0.3 is 5.97 Å². The fourth-order valence-electron chi connectivity index (χ4n) is 1.65. The first-order valence-corrected chi connectivity index (χ1v) is 5.67. The van der Waals surface area contributed by atoms with Gasteiger partial charge in [0.2, 0.25) is 0 Å². The van der Waals surface area contributed by atoms with E-state index in [1.54, 1.807) is 12.1 Å². The molecule has 0 aliphatic carbocycles. The number of aliphatic hydroxyl groups is 1. The zero-order valence-electron chi connectivity index (χ0n) is 10.4. The monoisotopic (exact) mass is 251 g/mol. The molecule has 1 rings (SSSR count). The van der Waals surface area contributed by atoms with Crippen molar-refractivity contribution in [3.8, 4) is 0 Å². The summed E-state index contributed by atoms with van der Waals surface area (Å²) in [6.07, 6.45) is -1.45. The lowest BCUT2D eigenvalue weighted by atomic mass is 10.1. The van der Waals surface area contributed by atoms with Gasteiger partial charge < -0.3 is 15.5 Å². The number of rotatable bonds is 5. The van der Waals surface area contributed by atoms with Gasteiger partial charge in [-0.1, -0.05) is 17.2 Å². The Morgan fingerprint density at radius 2 is 1.78 bits per heavy atom. The van der Waals surface area contributed by atoms with E-state index in [1.807, 2.05) is 19.9 Å². The van der Waals surface area contributed by atoms with Gasteiger partial charge in [-0.3, -0.25) is 4.79 Å². The zero-order chi connectivity index (χ0) is 13.7. The molecular weight excluding hydrogens is 234 g/mol. The molecule has 0 radical (unpaired) electrons. The average Bonchev–Trinajstić information content (AvgIpc) is 2.27. The SMILES string of the molecule is Cc1cc(C)cc(C(=O)NCC[C@H](O)C(=O)O)c1. The van der Waals surface area contributed by atoms with Crippen molar-refractivity contribution >= 4 is 11.9 Å². The van der Waals surface area contributed by atoms with E-state index in [-0.39, 0.29) is 18.9 Å². The Labute approximate surface area is 105 Å². The number of carboxylic acids is 1.